The summed E-state index contributed by atoms with van der Waals surface area (Å²) in [6, 6.07) is 25.6. The number of allylic oxidation sites excluding steroid dienone is 2. The van der Waals surface area contributed by atoms with Gasteiger partial charge in [0.2, 0.25) is 0 Å². The van der Waals surface area contributed by atoms with Crippen LogP contribution in [-0.4, -0.2) is 23.9 Å². The number of carbonyl (C=O) groups is 1. The van der Waals surface area contributed by atoms with E-state index in [1.807, 2.05) is 52.9 Å². The number of para-hydroxylation sites is 1. The molecule has 0 spiro atoms. The molecule has 2 heterocycles. The fourth-order valence-corrected chi connectivity index (χ4v) is 9.00. The second kappa shape index (κ2) is 15.7. The molecule has 6 heteroatoms. The summed E-state index contributed by atoms with van der Waals surface area (Å²) in [7, 11) is -1.43. The van der Waals surface area contributed by atoms with E-state index in [2.05, 4.69) is 107 Å². The van der Waals surface area contributed by atoms with Crippen molar-refractivity contribution in [2.45, 2.75) is 113 Å². The number of hydrogen-bond acceptors (Lipinski definition) is 4. The molecule has 5 rings (SSSR count). The summed E-state index contributed by atoms with van der Waals surface area (Å²) < 4.78 is 2.88. The van der Waals surface area contributed by atoms with E-state index in [0.717, 1.165) is 47.8 Å². The number of aliphatic hydroxyl groups is 1. The molecule has 5 aromatic rings. The van der Waals surface area contributed by atoms with Crippen LogP contribution in [0.5, 0.6) is 0 Å². The Hall–Kier alpha value is -2.63. The van der Waals surface area contributed by atoms with Crippen molar-refractivity contribution >= 4 is 61.5 Å². The van der Waals surface area contributed by atoms with Gasteiger partial charge in [0.15, 0.2) is 5.78 Å². The van der Waals surface area contributed by atoms with Gasteiger partial charge in [-0.2, -0.15) is 0 Å². The Bertz CT molecular complexity index is 1950. The van der Waals surface area contributed by atoms with Crippen LogP contribution in [0.2, 0.25) is 19.6 Å². The largest absolute Gasteiger partial charge is 0.512 e. The smallest absolute Gasteiger partial charge is 0.164 e. The van der Waals surface area contributed by atoms with E-state index < -0.39 is 8.07 Å². The number of nitrogens with zero attached hydrogens (tertiary/aromatic N) is 1. The van der Waals surface area contributed by atoms with E-state index in [9.17, 15) is 9.90 Å². The molecule has 0 aliphatic heterocycles. The molecule has 1 radical (unpaired) electrons. The molecule has 0 fully saturated rings. The summed E-state index contributed by atoms with van der Waals surface area (Å²) in [4.78, 5) is 17.4. The zero-order chi connectivity index (χ0) is 35.7. The SMILES string of the molecule is CC(C)(C)c1cc(-c2nc3ccccc3c3sc([Si](C)(C)C)cc23)[c-]c2ccccc12.CCC(C)(CC)C(=O)/C=C(\O)C(C)(CC)CC.[Ir]. The quantitative estimate of drug-likeness (QED) is 0.0695. The van der Waals surface area contributed by atoms with Gasteiger partial charge in [-0.25, -0.2) is 0 Å². The maximum absolute atomic E-state index is 12.2. The summed E-state index contributed by atoms with van der Waals surface area (Å²) in [5.41, 5.74) is 4.00. The number of aliphatic hydroxyl groups excluding tert-OH is 1. The van der Waals surface area contributed by atoms with Crippen LogP contribution in [0.25, 0.3) is 43.0 Å². The van der Waals surface area contributed by atoms with Crippen molar-refractivity contribution in [2.24, 2.45) is 10.8 Å². The van der Waals surface area contributed by atoms with E-state index in [4.69, 9.17) is 4.98 Å². The zero-order valence-electron chi connectivity index (χ0n) is 31.7. The number of rotatable bonds is 9. The Kier molecular flexibility index (Phi) is 13.1. The molecule has 3 nitrogen and oxygen atoms in total. The fourth-order valence-electron chi connectivity index (χ4n) is 5.95. The summed E-state index contributed by atoms with van der Waals surface area (Å²) in [5.74, 6) is 0.286. The molecule has 49 heavy (non-hydrogen) atoms. The minimum atomic E-state index is -1.43. The Morgan fingerprint density at radius 2 is 1.37 bits per heavy atom. The molecule has 0 atom stereocenters. The molecule has 0 bridgehead atoms. The molecule has 2 aromatic heterocycles. The van der Waals surface area contributed by atoms with E-state index in [1.165, 1.54) is 37.0 Å². The van der Waals surface area contributed by atoms with Gasteiger partial charge in [0.25, 0.3) is 0 Å². The predicted octanol–water partition coefficient (Wildman–Crippen LogP) is 12.6. The van der Waals surface area contributed by atoms with Crippen LogP contribution in [-0.2, 0) is 30.3 Å². The molecule has 0 aliphatic rings. The number of fused-ring (bicyclic) bond motifs is 4. The summed E-state index contributed by atoms with van der Waals surface area (Å²) >= 11 is 1.96. The second-order valence-corrected chi connectivity index (χ2v) is 22.4. The van der Waals surface area contributed by atoms with Crippen molar-refractivity contribution in [3.05, 3.63) is 84.1 Å². The number of carbonyl (C=O) groups excluding carboxylic acids is 1. The maximum atomic E-state index is 12.2. The standard InChI is InChI=1S/C28H28NSSi.C15H28O2.Ir/c1-28(2,3)23-16-19(15-18-11-7-8-12-20(18)23)26-22-17-25(31(4,5)6)30-27(22)21-13-9-10-14-24(21)29-26;1-7-14(5,8-2)12(16)11-13(17)15(6,9-3)10-4;/h7-14,16-17H,1-6H3;11,16H,7-10H2,1-6H3;/q-1;;/b;12-11-;. The molecule has 0 aliphatic carbocycles. The number of aromatic nitrogens is 1. The molecule has 0 amide bonds. The van der Waals surface area contributed by atoms with Gasteiger partial charge in [0.05, 0.1) is 13.6 Å². The first kappa shape index (κ1) is 40.8. The van der Waals surface area contributed by atoms with Crippen LogP contribution in [0.1, 0.15) is 93.6 Å². The van der Waals surface area contributed by atoms with Crippen LogP contribution in [0.4, 0.5) is 0 Å². The van der Waals surface area contributed by atoms with Gasteiger partial charge in [-0.05, 0) is 53.1 Å². The second-order valence-electron chi connectivity index (χ2n) is 15.9. The molecule has 0 saturated heterocycles. The van der Waals surface area contributed by atoms with Crippen molar-refractivity contribution in [3.8, 4) is 11.3 Å². The molecule has 0 saturated carbocycles. The number of hydrogen-bond donors (Lipinski definition) is 1. The normalized spacial score (nSPS) is 12.9. The predicted molar refractivity (Wildman–Crippen MR) is 214 cm³/mol. The van der Waals surface area contributed by atoms with E-state index in [0.29, 0.717) is 0 Å². The number of benzene rings is 3. The van der Waals surface area contributed by atoms with Crippen molar-refractivity contribution in [3.63, 3.8) is 0 Å². The van der Waals surface area contributed by atoms with Gasteiger partial charge in [-0.15, -0.1) is 40.5 Å². The maximum Gasteiger partial charge on any atom is 0.164 e. The van der Waals surface area contributed by atoms with Crippen molar-refractivity contribution in [1.82, 2.24) is 4.98 Å². The van der Waals surface area contributed by atoms with Gasteiger partial charge < -0.3 is 5.11 Å². The van der Waals surface area contributed by atoms with Gasteiger partial charge in [0, 0.05) is 52.8 Å². The zero-order valence-corrected chi connectivity index (χ0v) is 35.9. The minimum absolute atomic E-state index is 0. The summed E-state index contributed by atoms with van der Waals surface area (Å²) in [5, 5.41) is 15.1. The Labute approximate surface area is 314 Å². The van der Waals surface area contributed by atoms with Crippen molar-refractivity contribution < 1.29 is 30.0 Å². The fraction of sp³-hybridized carbons (Fsp3) is 0.442. The van der Waals surface area contributed by atoms with Gasteiger partial charge in [0.1, 0.15) is 5.76 Å². The Morgan fingerprint density at radius 1 is 0.816 bits per heavy atom. The van der Waals surface area contributed by atoms with E-state index in [-0.39, 0.29) is 47.9 Å². The van der Waals surface area contributed by atoms with Crippen LogP contribution in [0.3, 0.4) is 0 Å². The van der Waals surface area contributed by atoms with Gasteiger partial charge in [-0.1, -0.05) is 129 Å². The monoisotopic (exact) mass is 871 g/mol. The Morgan fingerprint density at radius 3 is 1.92 bits per heavy atom. The van der Waals surface area contributed by atoms with Gasteiger partial charge in [-0.3, -0.25) is 9.78 Å². The van der Waals surface area contributed by atoms with Crippen molar-refractivity contribution in [2.75, 3.05) is 0 Å². The third-order valence-corrected chi connectivity index (χ3v) is 15.3. The van der Waals surface area contributed by atoms with Crippen LogP contribution in [0.15, 0.2) is 72.5 Å². The third kappa shape index (κ3) is 8.64. The van der Waals surface area contributed by atoms with Crippen LogP contribution < -0.4 is 4.50 Å². The number of pyridine rings is 1. The first-order valence-electron chi connectivity index (χ1n) is 17.7. The molecule has 0 unspecified atom stereocenters. The Balaban J connectivity index is 0.000000312. The number of ketones is 1. The summed E-state index contributed by atoms with van der Waals surface area (Å²) in [6.45, 7) is 26.2. The average Bonchev–Trinajstić information content (AvgIpc) is 3.53. The first-order valence-corrected chi connectivity index (χ1v) is 22.0. The minimum Gasteiger partial charge on any atom is -0.512 e. The number of thiophene rings is 1. The molecule has 1 N–H and O–H groups in total. The average molecular weight is 871 g/mol. The molecular weight excluding hydrogens is 815 g/mol. The molecular formula is C43H56IrNO2SSi-. The van der Waals surface area contributed by atoms with E-state index >= 15 is 0 Å². The molecule has 265 valence electrons. The third-order valence-electron chi connectivity index (χ3n) is 10.5. The first-order chi connectivity index (χ1) is 22.4. The topological polar surface area (TPSA) is 50.2 Å². The van der Waals surface area contributed by atoms with Crippen LogP contribution >= 0.6 is 11.3 Å². The van der Waals surface area contributed by atoms with E-state index in [1.54, 1.807) is 0 Å². The van der Waals surface area contributed by atoms with Crippen molar-refractivity contribution in [1.29, 1.82) is 0 Å². The molecule has 3 aromatic carbocycles. The summed E-state index contributed by atoms with van der Waals surface area (Å²) in [6.07, 6.45) is 4.75. The van der Waals surface area contributed by atoms with Gasteiger partial charge >= 0.3 is 0 Å². The van der Waals surface area contributed by atoms with Crippen LogP contribution in [0, 0.1) is 16.9 Å².